The lowest BCUT2D eigenvalue weighted by molar-refractivity contribution is -0.137. The molecule has 0 saturated heterocycles. The van der Waals surface area contributed by atoms with Crippen molar-refractivity contribution in [3.63, 3.8) is 0 Å². The number of nitrogens with two attached hydrogens (primary N) is 2. The highest BCUT2D eigenvalue weighted by molar-refractivity contribution is 5.66. The van der Waals surface area contributed by atoms with Crippen molar-refractivity contribution >= 4 is 5.97 Å². The normalized spacial score (nSPS) is 10.7. The van der Waals surface area contributed by atoms with Gasteiger partial charge in [0.25, 0.3) is 0 Å². The SMILES string of the molecule is CCCCCCCCCCCCCCCCCCCCCC(=O)O.NCCNCCN. The predicted molar refractivity (Wildman–Crippen MR) is 137 cm³/mol. The lowest BCUT2D eigenvalue weighted by Gasteiger charge is -2.03. The van der Waals surface area contributed by atoms with Gasteiger partial charge in [0.05, 0.1) is 0 Å². The summed E-state index contributed by atoms with van der Waals surface area (Å²) in [6.45, 7) is 5.42. The van der Waals surface area contributed by atoms with E-state index in [1.807, 2.05) is 0 Å². The average molecular weight is 444 g/mol. The number of carboxylic acids is 1. The number of unbranched alkanes of at least 4 members (excludes halogenated alkanes) is 18. The van der Waals surface area contributed by atoms with Crippen molar-refractivity contribution in [1.29, 1.82) is 0 Å². The fourth-order valence-corrected chi connectivity index (χ4v) is 3.68. The van der Waals surface area contributed by atoms with Gasteiger partial charge in [0, 0.05) is 32.6 Å². The fourth-order valence-electron chi connectivity index (χ4n) is 3.68. The number of aliphatic carboxylic acids is 1. The zero-order valence-electron chi connectivity index (χ0n) is 21.0. The summed E-state index contributed by atoms with van der Waals surface area (Å²) < 4.78 is 0. The minimum Gasteiger partial charge on any atom is -0.481 e. The van der Waals surface area contributed by atoms with Crippen LogP contribution in [0.5, 0.6) is 0 Å². The first-order valence-corrected chi connectivity index (χ1v) is 13.5. The number of hydrogen-bond acceptors (Lipinski definition) is 4. The molecule has 0 aromatic carbocycles. The predicted octanol–water partition coefficient (Wildman–Crippen LogP) is 6.39. The molecular weight excluding hydrogens is 386 g/mol. The lowest BCUT2D eigenvalue weighted by Crippen LogP contribution is -2.27. The number of carboxylic acid groups (broad SMARTS) is 1. The zero-order chi connectivity index (χ0) is 23.3. The molecule has 0 amide bonds. The molecule has 0 rings (SSSR count). The number of carbonyl (C=O) groups is 1. The van der Waals surface area contributed by atoms with Gasteiger partial charge in [-0.15, -0.1) is 0 Å². The number of nitrogens with one attached hydrogen (secondary N) is 1. The minimum absolute atomic E-state index is 0.346. The first-order chi connectivity index (χ1) is 15.2. The summed E-state index contributed by atoms with van der Waals surface area (Å²) >= 11 is 0. The molecule has 0 radical (unpaired) electrons. The third kappa shape index (κ3) is 37.0. The van der Waals surface area contributed by atoms with E-state index in [0.29, 0.717) is 19.5 Å². The second-order valence-electron chi connectivity index (χ2n) is 8.84. The van der Waals surface area contributed by atoms with Crippen molar-refractivity contribution in [3.8, 4) is 0 Å². The van der Waals surface area contributed by atoms with Crippen molar-refractivity contribution in [3.05, 3.63) is 0 Å². The van der Waals surface area contributed by atoms with Crippen molar-refractivity contribution in [2.24, 2.45) is 11.5 Å². The Morgan fingerprint density at radius 3 is 1.13 bits per heavy atom. The van der Waals surface area contributed by atoms with Crippen molar-refractivity contribution < 1.29 is 9.90 Å². The van der Waals surface area contributed by atoms with Gasteiger partial charge in [-0.3, -0.25) is 4.79 Å². The van der Waals surface area contributed by atoms with E-state index in [2.05, 4.69) is 12.2 Å². The molecule has 5 heteroatoms. The van der Waals surface area contributed by atoms with Crippen molar-refractivity contribution in [1.82, 2.24) is 5.32 Å². The summed E-state index contributed by atoms with van der Waals surface area (Å²) in [5.74, 6) is -0.651. The molecule has 188 valence electrons. The van der Waals surface area contributed by atoms with Crippen LogP contribution >= 0.6 is 0 Å². The average Bonchev–Trinajstić information content (AvgIpc) is 2.76. The second-order valence-corrected chi connectivity index (χ2v) is 8.84. The molecule has 0 aromatic heterocycles. The van der Waals surface area contributed by atoms with Crippen LogP contribution < -0.4 is 16.8 Å². The van der Waals surface area contributed by atoms with Gasteiger partial charge < -0.3 is 21.9 Å². The first kappa shape index (κ1) is 32.5. The number of hydrogen-bond donors (Lipinski definition) is 4. The Morgan fingerprint density at radius 1 is 0.581 bits per heavy atom. The standard InChI is InChI=1S/C22H44O2.C4H13N3/c1-2-3-4-5-6-7-8-9-10-11-12-13-14-15-16-17-18-19-20-21-22(23)24;5-1-3-7-4-2-6/h2-21H2,1H3,(H,23,24);7H,1-6H2. The van der Waals surface area contributed by atoms with Crippen LogP contribution in [0.1, 0.15) is 135 Å². The van der Waals surface area contributed by atoms with Gasteiger partial charge in [0.1, 0.15) is 0 Å². The maximum atomic E-state index is 10.4. The highest BCUT2D eigenvalue weighted by Crippen LogP contribution is 2.14. The maximum Gasteiger partial charge on any atom is 0.303 e. The molecule has 0 spiro atoms. The highest BCUT2D eigenvalue weighted by atomic mass is 16.4. The van der Waals surface area contributed by atoms with E-state index in [4.69, 9.17) is 16.6 Å². The fraction of sp³-hybridized carbons (Fsp3) is 0.962. The Balaban J connectivity index is 0. The summed E-state index contributed by atoms with van der Waals surface area (Å²) in [5, 5.41) is 11.6. The van der Waals surface area contributed by atoms with Crippen LogP contribution in [0.2, 0.25) is 0 Å². The lowest BCUT2D eigenvalue weighted by atomic mass is 10.0. The molecule has 0 aromatic rings. The second kappa shape index (κ2) is 31.5. The molecule has 0 atom stereocenters. The van der Waals surface area contributed by atoms with Crippen LogP contribution in [0.15, 0.2) is 0 Å². The van der Waals surface area contributed by atoms with E-state index >= 15 is 0 Å². The largest absolute Gasteiger partial charge is 0.481 e. The summed E-state index contributed by atoms with van der Waals surface area (Å²) in [7, 11) is 0. The van der Waals surface area contributed by atoms with Gasteiger partial charge in [0.2, 0.25) is 0 Å². The zero-order valence-corrected chi connectivity index (χ0v) is 21.0. The van der Waals surface area contributed by atoms with Gasteiger partial charge in [-0.25, -0.2) is 0 Å². The molecule has 0 aliphatic rings. The van der Waals surface area contributed by atoms with Crippen molar-refractivity contribution in [2.75, 3.05) is 26.2 Å². The van der Waals surface area contributed by atoms with Crippen LogP contribution in [0.25, 0.3) is 0 Å². The molecule has 0 bridgehead atoms. The Labute approximate surface area is 194 Å². The Morgan fingerprint density at radius 2 is 0.871 bits per heavy atom. The molecule has 6 N–H and O–H groups in total. The van der Waals surface area contributed by atoms with Gasteiger partial charge in [-0.2, -0.15) is 0 Å². The highest BCUT2D eigenvalue weighted by Gasteiger charge is 1.97. The third-order valence-electron chi connectivity index (χ3n) is 5.64. The molecule has 0 aliphatic heterocycles. The van der Waals surface area contributed by atoms with Gasteiger partial charge in [-0.05, 0) is 6.42 Å². The molecule has 31 heavy (non-hydrogen) atoms. The summed E-state index contributed by atoms with van der Waals surface area (Å²) in [4.78, 5) is 10.4. The molecule has 0 aliphatic carbocycles. The quantitative estimate of drug-likeness (QED) is 0.130. The van der Waals surface area contributed by atoms with Gasteiger partial charge in [-0.1, -0.05) is 122 Å². The van der Waals surface area contributed by atoms with Crippen molar-refractivity contribution in [2.45, 2.75) is 135 Å². The minimum atomic E-state index is -0.651. The molecule has 0 heterocycles. The van der Waals surface area contributed by atoms with E-state index < -0.39 is 5.97 Å². The Bertz CT molecular complexity index is 324. The van der Waals surface area contributed by atoms with Crippen LogP contribution in [0.4, 0.5) is 0 Å². The summed E-state index contributed by atoms with van der Waals surface area (Å²) in [6.07, 6.45) is 26.1. The third-order valence-corrected chi connectivity index (χ3v) is 5.64. The molecular formula is C26H57N3O2. The summed E-state index contributed by atoms with van der Waals surface area (Å²) in [6, 6.07) is 0. The molecule has 0 saturated carbocycles. The Kier molecular flexibility index (Phi) is 33.1. The maximum absolute atomic E-state index is 10.4. The van der Waals surface area contributed by atoms with E-state index in [0.717, 1.165) is 25.9 Å². The van der Waals surface area contributed by atoms with Crippen LogP contribution in [-0.2, 0) is 4.79 Å². The van der Waals surface area contributed by atoms with E-state index in [-0.39, 0.29) is 0 Å². The summed E-state index contributed by atoms with van der Waals surface area (Å²) in [5.41, 5.74) is 10.3. The van der Waals surface area contributed by atoms with Crippen LogP contribution in [0, 0.1) is 0 Å². The number of rotatable bonds is 24. The first-order valence-electron chi connectivity index (χ1n) is 13.5. The van der Waals surface area contributed by atoms with E-state index in [1.54, 1.807) is 0 Å². The van der Waals surface area contributed by atoms with Gasteiger partial charge >= 0.3 is 5.97 Å². The monoisotopic (exact) mass is 443 g/mol. The molecule has 0 fully saturated rings. The Hall–Kier alpha value is -0.650. The van der Waals surface area contributed by atoms with Crippen LogP contribution in [-0.4, -0.2) is 37.3 Å². The smallest absolute Gasteiger partial charge is 0.303 e. The van der Waals surface area contributed by atoms with E-state index in [9.17, 15) is 4.79 Å². The molecule has 0 unspecified atom stereocenters. The molecule has 5 nitrogen and oxygen atoms in total. The van der Waals surface area contributed by atoms with Crippen LogP contribution in [0.3, 0.4) is 0 Å². The van der Waals surface area contributed by atoms with Gasteiger partial charge in [0.15, 0.2) is 0 Å². The topological polar surface area (TPSA) is 101 Å². The van der Waals surface area contributed by atoms with E-state index in [1.165, 1.54) is 109 Å².